The first kappa shape index (κ1) is 11.1. The average molecular weight is 219 g/mol. The second-order valence-electron chi connectivity index (χ2n) is 5.17. The van der Waals surface area contributed by atoms with Crippen molar-refractivity contribution in [3.05, 3.63) is 34.9 Å². The number of primary amides is 1. The van der Waals surface area contributed by atoms with E-state index in [-0.39, 0.29) is 17.7 Å². The van der Waals surface area contributed by atoms with E-state index in [9.17, 15) is 9.90 Å². The molecule has 2 rings (SSSR count). The summed E-state index contributed by atoms with van der Waals surface area (Å²) >= 11 is 0. The molecule has 0 spiro atoms. The smallest absolute Gasteiger partial charge is 0.221 e. The zero-order valence-corrected chi connectivity index (χ0v) is 9.66. The van der Waals surface area contributed by atoms with Crippen molar-refractivity contribution < 1.29 is 9.90 Å². The Bertz CT molecular complexity index is 438. The third kappa shape index (κ3) is 1.83. The van der Waals surface area contributed by atoms with Gasteiger partial charge in [-0.05, 0) is 28.5 Å². The minimum Gasteiger partial charge on any atom is -0.388 e. The lowest BCUT2D eigenvalue weighted by Gasteiger charge is -2.18. The van der Waals surface area contributed by atoms with E-state index in [2.05, 4.69) is 13.8 Å². The summed E-state index contributed by atoms with van der Waals surface area (Å²) in [5.41, 5.74) is 8.17. The Kier molecular flexibility index (Phi) is 2.50. The Morgan fingerprint density at radius 2 is 2.25 bits per heavy atom. The van der Waals surface area contributed by atoms with Crippen molar-refractivity contribution in [2.75, 3.05) is 0 Å². The molecule has 0 saturated carbocycles. The molecule has 3 nitrogen and oxygen atoms in total. The van der Waals surface area contributed by atoms with Gasteiger partial charge in [-0.1, -0.05) is 32.0 Å². The normalized spacial score (nSPS) is 21.8. The maximum Gasteiger partial charge on any atom is 0.221 e. The molecule has 1 aliphatic carbocycles. The van der Waals surface area contributed by atoms with Crippen molar-refractivity contribution in [2.24, 2.45) is 5.73 Å². The molecule has 1 aliphatic rings. The molecule has 1 unspecified atom stereocenters. The number of nitrogens with two attached hydrogens (primary N) is 1. The molecule has 1 aromatic carbocycles. The zero-order chi connectivity index (χ0) is 11.9. The summed E-state index contributed by atoms with van der Waals surface area (Å²) in [4.78, 5) is 10.8. The monoisotopic (exact) mass is 219 g/mol. The standard InChI is InChI=1S/C13H17NO2/c1-13(2)7-11(15)9-5-8(6-12(14)16)3-4-10(9)13/h3-5,11,15H,6-7H2,1-2H3,(H2,14,16). The van der Waals surface area contributed by atoms with Crippen molar-refractivity contribution in [1.29, 1.82) is 0 Å². The number of carbonyl (C=O) groups is 1. The maximum absolute atomic E-state index is 10.8. The number of amides is 1. The number of fused-ring (bicyclic) bond motifs is 1. The molecular weight excluding hydrogens is 202 g/mol. The molecule has 86 valence electrons. The lowest BCUT2D eigenvalue weighted by Crippen LogP contribution is -2.14. The summed E-state index contributed by atoms with van der Waals surface area (Å²) in [6.45, 7) is 4.24. The van der Waals surface area contributed by atoms with E-state index >= 15 is 0 Å². The van der Waals surface area contributed by atoms with E-state index in [1.54, 1.807) is 0 Å². The van der Waals surface area contributed by atoms with E-state index in [1.165, 1.54) is 5.56 Å². The van der Waals surface area contributed by atoms with Gasteiger partial charge in [0.2, 0.25) is 5.91 Å². The van der Waals surface area contributed by atoms with Crippen LogP contribution in [0.4, 0.5) is 0 Å². The van der Waals surface area contributed by atoms with Gasteiger partial charge in [0.25, 0.3) is 0 Å². The van der Waals surface area contributed by atoms with E-state index in [0.717, 1.165) is 17.5 Å². The largest absolute Gasteiger partial charge is 0.388 e. The van der Waals surface area contributed by atoms with Crippen LogP contribution in [-0.2, 0) is 16.6 Å². The van der Waals surface area contributed by atoms with Crippen molar-refractivity contribution in [2.45, 2.75) is 38.2 Å². The molecule has 0 aliphatic heterocycles. The molecule has 1 aromatic rings. The Morgan fingerprint density at radius 3 is 2.88 bits per heavy atom. The van der Waals surface area contributed by atoms with E-state index in [1.807, 2.05) is 18.2 Å². The molecule has 0 heterocycles. The van der Waals surface area contributed by atoms with Crippen LogP contribution in [0.5, 0.6) is 0 Å². The van der Waals surface area contributed by atoms with Crippen LogP contribution in [-0.4, -0.2) is 11.0 Å². The maximum atomic E-state index is 10.8. The molecule has 1 amide bonds. The first-order valence-corrected chi connectivity index (χ1v) is 5.50. The number of carbonyl (C=O) groups excluding carboxylic acids is 1. The SMILES string of the molecule is CC1(C)CC(O)c2cc(CC(N)=O)ccc21. The van der Waals surface area contributed by atoms with Crippen LogP contribution in [0.2, 0.25) is 0 Å². The molecule has 0 bridgehead atoms. The fourth-order valence-electron chi connectivity index (χ4n) is 2.52. The van der Waals surface area contributed by atoms with Crippen molar-refractivity contribution in [3.8, 4) is 0 Å². The second kappa shape index (κ2) is 3.59. The van der Waals surface area contributed by atoms with Gasteiger partial charge < -0.3 is 10.8 Å². The summed E-state index contributed by atoms with van der Waals surface area (Å²) < 4.78 is 0. The molecular formula is C13H17NO2. The van der Waals surface area contributed by atoms with Gasteiger partial charge in [0.05, 0.1) is 12.5 Å². The summed E-state index contributed by atoms with van der Waals surface area (Å²) in [5.74, 6) is -0.341. The third-order valence-corrected chi connectivity index (χ3v) is 3.29. The number of aliphatic hydroxyl groups excluding tert-OH is 1. The molecule has 3 heteroatoms. The molecule has 0 radical (unpaired) electrons. The Morgan fingerprint density at radius 1 is 1.56 bits per heavy atom. The van der Waals surface area contributed by atoms with E-state index in [0.29, 0.717) is 0 Å². The average Bonchev–Trinajstić information content (AvgIpc) is 2.36. The summed E-state index contributed by atoms with van der Waals surface area (Å²) in [6, 6.07) is 5.83. The van der Waals surface area contributed by atoms with Crippen LogP contribution in [0.25, 0.3) is 0 Å². The number of hydrogen-bond acceptors (Lipinski definition) is 2. The van der Waals surface area contributed by atoms with E-state index < -0.39 is 6.10 Å². The fraction of sp³-hybridized carbons (Fsp3) is 0.462. The highest BCUT2D eigenvalue weighted by molar-refractivity contribution is 5.76. The van der Waals surface area contributed by atoms with E-state index in [4.69, 9.17) is 5.73 Å². The van der Waals surface area contributed by atoms with Crippen LogP contribution < -0.4 is 5.73 Å². The minimum atomic E-state index is -0.419. The Labute approximate surface area is 95.3 Å². The molecule has 0 fully saturated rings. The van der Waals surface area contributed by atoms with Gasteiger partial charge in [-0.15, -0.1) is 0 Å². The lowest BCUT2D eigenvalue weighted by molar-refractivity contribution is -0.117. The number of hydrogen-bond donors (Lipinski definition) is 2. The zero-order valence-electron chi connectivity index (χ0n) is 9.66. The molecule has 16 heavy (non-hydrogen) atoms. The van der Waals surface area contributed by atoms with Gasteiger partial charge in [-0.3, -0.25) is 4.79 Å². The van der Waals surface area contributed by atoms with Crippen LogP contribution in [0.1, 0.15) is 43.1 Å². The summed E-state index contributed by atoms with van der Waals surface area (Å²) in [6.07, 6.45) is 0.556. The lowest BCUT2D eigenvalue weighted by atomic mass is 9.86. The third-order valence-electron chi connectivity index (χ3n) is 3.29. The van der Waals surface area contributed by atoms with Gasteiger partial charge in [0.1, 0.15) is 0 Å². The van der Waals surface area contributed by atoms with Gasteiger partial charge in [-0.2, -0.15) is 0 Å². The number of aliphatic hydroxyl groups is 1. The second-order valence-corrected chi connectivity index (χ2v) is 5.17. The van der Waals surface area contributed by atoms with Crippen LogP contribution in [0.3, 0.4) is 0 Å². The number of benzene rings is 1. The molecule has 3 N–H and O–H groups in total. The first-order valence-electron chi connectivity index (χ1n) is 5.50. The van der Waals surface area contributed by atoms with Gasteiger partial charge in [0, 0.05) is 0 Å². The quantitative estimate of drug-likeness (QED) is 0.790. The van der Waals surface area contributed by atoms with Crippen molar-refractivity contribution in [1.82, 2.24) is 0 Å². The summed E-state index contributed by atoms with van der Waals surface area (Å²) in [5, 5.41) is 9.96. The highest BCUT2D eigenvalue weighted by Crippen LogP contribution is 2.44. The Balaban J connectivity index is 2.40. The Hall–Kier alpha value is -1.35. The predicted molar refractivity (Wildman–Crippen MR) is 61.9 cm³/mol. The van der Waals surface area contributed by atoms with Crippen LogP contribution in [0, 0.1) is 0 Å². The van der Waals surface area contributed by atoms with Gasteiger partial charge in [-0.25, -0.2) is 0 Å². The fourth-order valence-corrected chi connectivity index (χ4v) is 2.52. The minimum absolute atomic E-state index is 0.0139. The first-order chi connectivity index (χ1) is 7.40. The van der Waals surface area contributed by atoms with Crippen LogP contribution in [0.15, 0.2) is 18.2 Å². The van der Waals surface area contributed by atoms with Gasteiger partial charge >= 0.3 is 0 Å². The molecule has 1 atom stereocenters. The topological polar surface area (TPSA) is 63.3 Å². The van der Waals surface area contributed by atoms with Gasteiger partial charge in [0.15, 0.2) is 0 Å². The molecule has 0 aromatic heterocycles. The molecule has 0 saturated heterocycles. The predicted octanol–water partition coefficient (Wildman–Crippen LogP) is 1.43. The van der Waals surface area contributed by atoms with Crippen molar-refractivity contribution in [3.63, 3.8) is 0 Å². The van der Waals surface area contributed by atoms with Crippen LogP contribution >= 0.6 is 0 Å². The number of rotatable bonds is 2. The highest BCUT2D eigenvalue weighted by atomic mass is 16.3. The van der Waals surface area contributed by atoms with Crippen molar-refractivity contribution >= 4 is 5.91 Å². The highest BCUT2D eigenvalue weighted by Gasteiger charge is 2.35. The summed E-state index contributed by atoms with van der Waals surface area (Å²) in [7, 11) is 0.